The first-order chi connectivity index (χ1) is 13.9. The number of hydrogen-bond donors (Lipinski definition) is 2. The van der Waals surface area contributed by atoms with E-state index in [0.29, 0.717) is 29.9 Å². The molecule has 2 heterocycles. The van der Waals surface area contributed by atoms with Crippen LogP contribution in [0.15, 0.2) is 47.4 Å². The molecule has 1 atom stereocenters. The summed E-state index contributed by atoms with van der Waals surface area (Å²) in [6.45, 7) is 1.18. The van der Waals surface area contributed by atoms with Gasteiger partial charge in [0.05, 0.1) is 17.5 Å². The maximum Gasteiger partial charge on any atom is 0.251 e. The molecule has 1 aliphatic rings. The highest BCUT2D eigenvalue weighted by Gasteiger charge is 2.22. The average molecular weight is 413 g/mol. The first-order valence-corrected chi connectivity index (χ1v) is 10.9. The van der Waals surface area contributed by atoms with Crippen molar-refractivity contribution in [2.45, 2.75) is 17.4 Å². The summed E-state index contributed by atoms with van der Waals surface area (Å²) < 4.78 is 29.9. The quantitative estimate of drug-likeness (QED) is 0.648. The van der Waals surface area contributed by atoms with Crippen LogP contribution in [-0.4, -0.2) is 60.5 Å². The summed E-state index contributed by atoms with van der Waals surface area (Å²) in [5.74, 6) is 0.0133. The summed E-state index contributed by atoms with van der Waals surface area (Å²) in [7, 11) is -3.52. The average Bonchev–Trinajstić information content (AvgIpc) is 3.41. The molecule has 9 nitrogen and oxygen atoms in total. The fourth-order valence-corrected chi connectivity index (χ4v) is 4.20. The van der Waals surface area contributed by atoms with Crippen LogP contribution in [0.3, 0.4) is 0 Å². The van der Waals surface area contributed by atoms with Gasteiger partial charge in [-0.1, -0.05) is 24.3 Å². The number of tetrazole rings is 1. The van der Waals surface area contributed by atoms with Gasteiger partial charge in [0.15, 0.2) is 9.84 Å². The lowest BCUT2D eigenvalue weighted by atomic mass is 9.98. The number of carbonyl (C=O) groups is 1. The van der Waals surface area contributed by atoms with Crippen LogP contribution in [0.5, 0.6) is 0 Å². The number of carbonyl (C=O) groups excluding carboxylic acids is 1. The lowest BCUT2D eigenvalue weighted by Crippen LogP contribution is -2.34. The third kappa shape index (κ3) is 4.03. The van der Waals surface area contributed by atoms with E-state index in [2.05, 4.69) is 25.9 Å². The van der Waals surface area contributed by atoms with Gasteiger partial charge in [-0.05, 0) is 41.0 Å². The Bertz CT molecular complexity index is 1120. The summed E-state index contributed by atoms with van der Waals surface area (Å²) >= 11 is 0. The standard InChI is InChI=1S/C19H19N5O4S/c1-29(26,27)16-4-2-3-15(17(16)18-21-23-24-22-18)12-5-7-13(8-6-12)19(25)20-14-9-10-28-11-14/h2-8,14H,9-11H2,1H3,(H,20,25)(H,21,22,23,24). The molecular formula is C19H19N5O4S. The van der Waals surface area contributed by atoms with Crippen LogP contribution in [0.2, 0.25) is 0 Å². The first kappa shape index (κ1) is 19.2. The zero-order chi connectivity index (χ0) is 20.4. The van der Waals surface area contributed by atoms with Gasteiger partial charge < -0.3 is 10.1 Å². The zero-order valence-corrected chi connectivity index (χ0v) is 16.4. The normalized spacial score (nSPS) is 16.7. The van der Waals surface area contributed by atoms with E-state index in [9.17, 15) is 13.2 Å². The summed E-state index contributed by atoms with van der Waals surface area (Å²) in [6.07, 6.45) is 1.94. The highest BCUT2D eigenvalue weighted by molar-refractivity contribution is 7.90. The fraction of sp³-hybridized carbons (Fsp3) is 0.263. The molecule has 2 N–H and O–H groups in total. The van der Waals surface area contributed by atoms with Gasteiger partial charge in [0.25, 0.3) is 5.91 Å². The Balaban J connectivity index is 1.71. The van der Waals surface area contributed by atoms with E-state index in [1.807, 2.05) is 0 Å². The topological polar surface area (TPSA) is 127 Å². The minimum atomic E-state index is -3.52. The Kier molecular flexibility index (Phi) is 5.12. The Morgan fingerprint density at radius 3 is 2.62 bits per heavy atom. The van der Waals surface area contributed by atoms with Crippen molar-refractivity contribution in [3.8, 4) is 22.5 Å². The predicted molar refractivity (Wildman–Crippen MR) is 105 cm³/mol. The van der Waals surface area contributed by atoms with Gasteiger partial charge >= 0.3 is 0 Å². The molecule has 0 spiro atoms. The number of nitrogens with one attached hydrogen (secondary N) is 2. The van der Waals surface area contributed by atoms with Crippen LogP contribution in [-0.2, 0) is 14.6 Å². The molecule has 0 radical (unpaired) electrons. The second-order valence-corrected chi connectivity index (χ2v) is 8.78. The van der Waals surface area contributed by atoms with Crippen LogP contribution in [0.25, 0.3) is 22.5 Å². The van der Waals surface area contributed by atoms with Gasteiger partial charge in [-0.25, -0.2) is 8.42 Å². The van der Waals surface area contributed by atoms with Gasteiger partial charge in [0.1, 0.15) is 0 Å². The van der Waals surface area contributed by atoms with Crippen molar-refractivity contribution in [2.24, 2.45) is 0 Å². The van der Waals surface area contributed by atoms with Crippen LogP contribution in [0, 0.1) is 0 Å². The molecule has 1 aromatic heterocycles. The summed E-state index contributed by atoms with van der Waals surface area (Å²) in [4.78, 5) is 12.5. The maximum atomic E-state index is 12.4. The van der Waals surface area contributed by atoms with Crippen molar-refractivity contribution in [3.05, 3.63) is 48.0 Å². The number of aromatic amines is 1. The molecule has 0 bridgehead atoms. The number of ether oxygens (including phenoxy) is 1. The Labute approximate surface area is 167 Å². The number of H-pyrrole nitrogens is 1. The summed E-state index contributed by atoms with van der Waals surface area (Å²) in [5.41, 5.74) is 2.24. The molecule has 1 unspecified atom stereocenters. The zero-order valence-electron chi connectivity index (χ0n) is 15.6. The van der Waals surface area contributed by atoms with Crippen LogP contribution < -0.4 is 5.32 Å². The minimum Gasteiger partial charge on any atom is -0.379 e. The van der Waals surface area contributed by atoms with E-state index in [4.69, 9.17) is 4.74 Å². The van der Waals surface area contributed by atoms with E-state index in [1.165, 1.54) is 6.07 Å². The molecule has 1 saturated heterocycles. The van der Waals surface area contributed by atoms with Crippen LogP contribution >= 0.6 is 0 Å². The molecule has 3 aromatic rings. The Morgan fingerprint density at radius 2 is 2.00 bits per heavy atom. The Hall–Kier alpha value is -3.11. The van der Waals surface area contributed by atoms with Crippen molar-refractivity contribution >= 4 is 15.7 Å². The van der Waals surface area contributed by atoms with Crippen LogP contribution in [0.4, 0.5) is 0 Å². The van der Waals surface area contributed by atoms with Gasteiger partial charge in [-0.15, -0.1) is 10.2 Å². The number of aromatic nitrogens is 4. The fourth-order valence-electron chi connectivity index (χ4n) is 3.30. The number of nitrogens with zero attached hydrogens (tertiary/aromatic N) is 3. The second kappa shape index (κ2) is 7.72. The molecule has 4 rings (SSSR count). The lowest BCUT2D eigenvalue weighted by molar-refractivity contribution is 0.0930. The third-order valence-electron chi connectivity index (χ3n) is 4.72. The van der Waals surface area contributed by atoms with Gasteiger partial charge in [0.2, 0.25) is 5.82 Å². The maximum absolute atomic E-state index is 12.4. The number of rotatable bonds is 5. The first-order valence-electron chi connectivity index (χ1n) is 8.99. The van der Waals surface area contributed by atoms with E-state index < -0.39 is 9.84 Å². The molecule has 1 amide bonds. The SMILES string of the molecule is CS(=O)(=O)c1cccc(-c2ccc(C(=O)NC3CCOC3)cc2)c1-c1nn[nH]n1. The molecular weight excluding hydrogens is 394 g/mol. The molecule has 2 aromatic carbocycles. The monoisotopic (exact) mass is 413 g/mol. The highest BCUT2D eigenvalue weighted by atomic mass is 32.2. The van der Waals surface area contributed by atoms with Crippen molar-refractivity contribution in [1.82, 2.24) is 25.9 Å². The van der Waals surface area contributed by atoms with Gasteiger partial charge in [0, 0.05) is 24.0 Å². The molecule has 150 valence electrons. The second-order valence-electron chi connectivity index (χ2n) is 6.80. The van der Waals surface area contributed by atoms with Crippen molar-refractivity contribution in [3.63, 3.8) is 0 Å². The van der Waals surface area contributed by atoms with Crippen molar-refractivity contribution < 1.29 is 17.9 Å². The van der Waals surface area contributed by atoms with Gasteiger partial charge in [-0.2, -0.15) is 5.21 Å². The lowest BCUT2D eigenvalue weighted by Gasteiger charge is -2.13. The van der Waals surface area contributed by atoms with E-state index >= 15 is 0 Å². The van der Waals surface area contributed by atoms with Crippen LogP contribution in [0.1, 0.15) is 16.8 Å². The smallest absolute Gasteiger partial charge is 0.251 e. The number of hydrogen-bond acceptors (Lipinski definition) is 7. The van der Waals surface area contributed by atoms with Crippen molar-refractivity contribution in [1.29, 1.82) is 0 Å². The summed E-state index contributed by atoms with van der Waals surface area (Å²) in [5, 5.41) is 16.8. The Morgan fingerprint density at radius 1 is 1.21 bits per heavy atom. The molecule has 29 heavy (non-hydrogen) atoms. The minimum absolute atomic E-state index is 0.0264. The largest absolute Gasteiger partial charge is 0.379 e. The molecule has 0 aliphatic carbocycles. The number of amides is 1. The highest BCUT2D eigenvalue weighted by Crippen LogP contribution is 2.35. The van der Waals surface area contributed by atoms with E-state index in [0.717, 1.165) is 18.2 Å². The van der Waals surface area contributed by atoms with Crippen molar-refractivity contribution in [2.75, 3.05) is 19.5 Å². The number of sulfone groups is 1. The molecule has 0 saturated carbocycles. The third-order valence-corrected chi connectivity index (χ3v) is 5.86. The molecule has 1 fully saturated rings. The van der Waals surface area contributed by atoms with Gasteiger partial charge in [-0.3, -0.25) is 4.79 Å². The van der Waals surface area contributed by atoms with E-state index in [-0.39, 0.29) is 22.7 Å². The van der Waals surface area contributed by atoms with E-state index in [1.54, 1.807) is 36.4 Å². The molecule has 1 aliphatic heterocycles. The number of benzene rings is 2. The molecule has 10 heteroatoms. The summed E-state index contributed by atoms with van der Waals surface area (Å²) in [6, 6.07) is 11.9. The predicted octanol–water partition coefficient (Wildman–Crippen LogP) is 1.46.